The van der Waals surface area contributed by atoms with Gasteiger partial charge in [-0.15, -0.1) is 0 Å². The van der Waals surface area contributed by atoms with Gasteiger partial charge >= 0.3 is 0 Å². The average Bonchev–Trinajstić information content (AvgIpc) is 2.96. The zero-order valence-corrected chi connectivity index (χ0v) is 10.8. The zero-order valence-electron chi connectivity index (χ0n) is 10.0. The summed E-state index contributed by atoms with van der Waals surface area (Å²) < 4.78 is 4.41. The first-order chi connectivity index (χ1) is 9.66. The van der Waals surface area contributed by atoms with Crippen LogP contribution in [0.5, 0.6) is 0 Å². The van der Waals surface area contributed by atoms with Crippen LogP contribution in [0.4, 0.5) is 16.4 Å². The van der Waals surface area contributed by atoms with Crippen molar-refractivity contribution in [3.05, 3.63) is 40.8 Å². The Kier molecular flexibility index (Phi) is 2.99. The molecule has 8 heteroatoms. The number of nitrogens with two attached hydrogens (primary N) is 1. The second-order valence-electron chi connectivity index (χ2n) is 3.90. The third-order valence-corrected chi connectivity index (χ3v) is 3.47. The van der Waals surface area contributed by atoms with Gasteiger partial charge in [-0.25, -0.2) is 9.53 Å². The van der Waals surface area contributed by atoms with Crippen molar-refractivity contribution in [1.29, 1.82) is 0 Å². The molecule has 20 heavy (non-hydrogen) atoms. The van der Waals surface area contributed by atoms with Crippen LogP contribution in [0.3, 0.4) is 0 Å². The second kappa shape index (κ2) is 4.82. The van der Waals surface area contributed by atoms with E-state index in [2.05, 4.69) is 14.9 Å². The lowest BCUT2D eigenvalue weighted by molar-refractivity contribution is -0.113. The summed E-state index contributed by atoms with van der Waals surface area (Å²) in [5, 5.41) is 6.34. The number of aromatic nitrogens is 2. The molecule has 2 amide bonds. The highest BCUT2D eigenvalue weighted by atomic mass is 32.2. The quantitative estimate of drug-likeness (QED) is 0.842. The van der Waals surface area contributed by atoms with Gasteiger partial charge < -0.3 is 5.73 Å². The van der Waals surface area contributed by atoms with Crippen LogP contribution in [-0.4, -0.2) is 21.5 Å². The molecule has 1 aromatic heterocycles. The molecule has 0 atom stereocenters. The zero-order chi connectivity index (χ0) is 14.1. The molecule has 2 heterocycles. The van der Waals surface area contributed by atoms with E-state index < -0.39 is 11.1 Å². The highest BCUT2D eigenvalue weighted by molar-refractivity contribution is 8.19. The maximum Gasteiger partial charge on any atom is 0.299 e. The van der Waals surface area contributed by atoms with Gasteiger partial charge in [0.2, 0.25) is 11.6 Å². The Labute approximate surface area is 117 Å². The summed E-state index contributed by atoms with van der Waals surface area (Å²) in [5.41, 5.74) is 6.32. The molecule has 7 nitrogen and oxygen atoms in total. The third kappa shape index (κ3) is 2.05. The van der Waals surface area contributed by atoms with Gasteiger partial charge in [0.1, 0.15) is 0 Å². The Morgan fingerprint density at radius 2 is 1.95 bits per heavy atom. The van der Waals surface area contributed by atoms with E-state index in [9.17, 15) is 9.59 Å². The van der Waals surface area contributed by atoms with Gasteiger partial charge in [0.25, 0.3) is 11.1 Å². The van der Waals surface area contributed by atoms with E-state index in [-0.39, 0.29) is 11.6 Å². The van der Waals surface area contributed by atoms with Crippen molar-refractivity contribution in [3.63, 3.8) is 0 Å². The molecule has 2 N–H and O–H groups in total. The Balaban J connectivity index is 1.95. The Morgan fingerprint density at radius 3 is 2.60 bits per heavy atom. The molecular formula is C12H8N4O3S. The molecule has 1 aliphatic heterocycles. The SMILES string of the molecule is Nc1nonc1N1C(=O)S/C(=C\c2ccccc2)C1=O. The summed E-state index contributed by atoms with van der Waals surface area (Å²) in [7, 11) is 0. The fourth-order valence-corrected chi connectivity index (χ4v) is 2.52. The smallest absolute Gasteiger partial charge is 0.299 e. The first kappa shape index (κ1) is 12.4. The van der Waals surface area contributed by atoms with Gasteiger partial charge in [0, 0.05) is 0 Å². The highest BCUT2D eigenvalue weighted by Gasteiger charge is 2.39. The van der Waals surface area contributed by atoms with Crippen molar-refractivity contribution in [1.82, 2.24) is 10.3 Å². The van der Waals surface area contributed by atoms with Crippen LogP contribution in [0, 0.1) is 0 Å². The molecule has 100 valence electrons. The fraction of sp³-hybridized carbons (Fsp3) is 0. The molecule has 0 saturated carbocycles. The number of nitrogen functional groups attached to an aromatic ring is 1. The van der Waals surface area contributed by atoms with Crippen molar-refractivity contribution < 1.29 is 14.2 Å². The summed E-state index contributed by atoms with van der Waals surface area (Å²) in [6.45, 7) is 0. The molecule has 1 saturated heterocycles. The van der Waals surface area contributed by atoms with Crippen LogP contribution in [-0.2, 0) is 4.79 Å². The van der Waals surface area contributed by atoms with Crippen LogP contribution in [0.25, 0.3) is 6.08 Å². The molecule has 3 rings (SSSR count). The van der Waals surface area contributed by atoms with Crippen molar-refractivity contribution in [2.75, 3.05) is 10.6 Å². The van der Waals surface area contributed by atoms with E-state index in [1.807, 2.05) is 30.3 Å². The summed E-state index contributed by atoms with van der Waals surface area (Å²) in [6, 6.07) is 9.22. The molecule has 1 aliphatic rings. The van der Waals surface area contributed by atoms with E-state index in [4.69, 9.17) is 5.73 Å². The molecule has 1 aromatic carbocycles. The minimum Gasteiger partial charge on any atom is -0.378 e. The van der Waals surface area contributed by atoms with Gasteiger partial charge in [-0.2, -0.15) is 0 Å². The van der Waals surface area contributed by atoms with Crippen molar-refractivity contribution in [3.8, 4) is 0 Å². The molecule has 0 radical (unpaired) electrons. The molecule has 0 spiro atoms. The molecule has 0 bridgehead atoms. The summed E-state index contributed by atoms with van der Waals surface area (Å²) in [6.07, 6.45) is 1.63. The molecular weight excluding hydrogens is 280 g/mol. The van der Waals surface area contributed by atoms with E-state index in [0.29, 0.717) is 4.91 Å². The van der Waals surface area contributed by atoms with E-state index in [0.717, 1.165) is 22.2 Å². The van der Waals surface area contributed by atoms with Crippen LogP contribution in [0.15, 0.2) is 39.9 Å². The van der Waals surface area contributed by atoms with Crippen LogP contribution < -0.4 is 10.6 Å². The van der Waals surface area contributed by atoms with E-state index in [1.54, 1.807) is 6.08 Å². The van der Waals surface area contributed by atoms with Crippen LogP contribution in [0.2, 0.25) is 0 Å². The maximum atomic E-state index is 12.2. The Morgan fingerprint density at radius 1 is 1.20 bits per heavy atom. The molecule has 1 fully saturated rings. The Hall–Kier alpha value is -2.61. The standard InChI is InChI=1S/C12H8N4O3S/c13-9-10(15-19-14-9)16-11(17)8(20-12(16)18)6-7-4-2-1-3-5-7/h1-6H,(H2,13,14)/b8-6-. The fourth-order valence-electron chi connectivity index (χ4n) is 1.70. The number of hydrogen-bond donors (Lipinski definition) is 1. The minimum absolute atomic E-state index is 0.0797. The third-order valence-electron chi connectivity index (χ3n) is 2.60. The number of rotatable bonds is 2. The number of benzene rings is 1. The maximum absolute atomic E-state index is 12.2. The number of carbonyl (C=O) groups excluding carboxylic acids is 2. The van der Waals surface area contributed by atoms with Crippen LogP contribution in [0.1, 0.15) is 5.56 Å². The second-order valence-corrected chi connectivity index (χ2v) is 4.89. The van der Waals surface area contributed by atoms with E-state index >= 15 is 0 Å². The summed E-state index contributed by atoms with van der Waals surface area (Å²) in [5.74, 6) is -0.677. The molecule has 2 aromatic rings. The monoisotopic (exact) mass is 288 g/mol. The predicted molar refractivity (Wildman–Crippen MR) is 73.6 cm³/mol. The number of imide groups is 1. The minimum atomic E-state index is -0.494. The number of carbonyl (C=O) groups is 2. The highest BCUT2D eigenvalue weighted by Crippen LogP contribution is 2.36. The number of anilines is 2. The summed E-state index contributed by atoms with van der Waals surface area (Å²) >= 11 is 0.817. The van der Waals surface area contributed by atoms with Crippen molar-refractivity contribution >= 4 is 40.6 Å². The van der Waals surface area contributed by atoms with Gasteiger partial charge in [-0.1, -0.05) is 30.3 Å². The lowest BCUT2D eigenvalue weighted by Gasteiger charge is -2.06. The number of hydrogen-bond acceptors (Lipinski definition) is 7. The van der Waals surface area contributed by atoms with Gasteiger partial charge in [-0.05, 0) is 33.7 Å². The topological polar surface area (TPSA) is 102 Å². The molecule has 0 unspecified atom stereocenters. The van der Waals surface area contributed by atoms with Gasteiger partial charge in [0.15, 0.2) is 0 Å². The number of nitrogens with zero attached hydrogens (tertiary/aromatic N) is 3. The van der Waals surface area contributed by atoms with Crippen molar-refractivity contribution in [2.24, 2.45) is 0 Å². The number of thioether (sulfide) groups is 1. The largest absolute Gasteiger partial charge is 0.378 e. The van der Waals surface area contributed by atoms with Gasteiger partial charge in [-0.3, -0.25) is 9.59 Å². The molecule has 0 aliphatic carbocycles. The first-order valence-corrected chi connectivity index (χ1v) is 6.39. The van der Waals surface area contributed by atoms with Crippen LogP contribution >= 0.6 is 11.8 Å². The first-order valence-electron chi connectivity index (χ1n) is 5.58. The lowest BCUT2D eigenvalue weighted by Crippen LogP contribution is -2.28. The average molecular weight is 288 g/mol. The summed E-state index contributed by atoms with van der Waals surface area (Å²) in [4.78, 5) is 25.3. The van der Waals surface area contributed by atoms with Gasteiger partial charge in [0.05, 0.1) is 4.91 Å². The number of amides is 2. The van der Waals surface area contributed by atoms with E-state index in [1.165, 1.54) is 0 Å². The normalized spacial score (nSPS) is 17.2. The predicted octanol–water partition coefficient (Wildman–Crippen LogP) is 1.89. The van der Waals surface area contributed by atoms with Crippen molar-refractivity contribution in [2.45, 2.75) is 0 Å². The Bertz CT molecular complexity index is 711. The lowest BCUT2D eigenvalue weighted by atomic mass is 10.2.